The Hall–Kier alpha value is -0.160. The Kier molecular flexibility index (Phi) is 28.7. The summed E-state index contributed by atoms with van der Waals surface area (Å²) in [7, 11) is -4.06. The minimum atomic E-state index is -4.06. The molecule has 0 heterocycles. The van der Waals surface area contributed by atoms with Crippen LogP contribution in [0.5, 0.6) is 0 Å². The molecule has 0 aliphatic carbocycles. The second kappa shape index (κ2) is 28.8. The Bertz CT molecular complexity index is 538. The van der Waals surface area contributed by atoms with E-state index in [4.69, 9.17) is 4.18 Å². The predicted octanol–water partition coefficient (Wildman–Crippen LogP) is 11.6. The zero-order chi connectivity index (χ0) is 27.3. The van der Waals surface area contributed by atoms with E-state index in [0.29, 0.717) is 12.8 Å². The van der Waals surface area contributed by atoms with Crippen LogP contribution in [0.3, 0.4) is 0 Å². The molecule has 0 amide bonds. The van der Waals surface area contributed by atoms with Crippen LogP contribution in [0.25, 0.3) is 0 Å². The third kappa shape index (κ3) is 27.2. The molecular formula is C32H65FO3S. The molecule has 1 unspecified atom stereocenters. The van der Waals surface area contributed by atoms with Crippen molar-refractivity contribution in [3.05, 3.63) is 0 Å². The minimum absolute atomic E-state index is 0.0668. The Balaban J connectivity index is 3.38. The van der Waals surface area contributed by atoms with Crippen LogP contribution in [-0.4, -0.2) is 20.5 Å². The first-order valence-corrected chi connectivity index (χ1v) is 18.0. The first kappa shape index (κ1) is 36.8. The lowest BCUT2D eigenvalue weighted by Crippen LogP contribution is -2.19. The number of hydrogen-bond acceptors (Lipinski definition) is 3. The molecule has 0 fully saturated rings. The van der Waals surface area contributed by atoms with E-state index in [9.17, 15) is 12.8 Å². The summed E-state index contributed by atoms with van der Waals surface area (Å²) in [6.45, 7) is 4.61. The molecule has 0 aromatic heterocycles. The van der Waals surface area contributed by atoms with E-state index in [1.807, 2.05) is 0 Å². The van der Waals surface area contributed by atoms with Crippen molar-refractivity contribution in [3.63, 3.8) is 0 Å². The molecule has 37 heavy (non-hydrogen) atoms. The van der Waals surface area contributed by atoms with Crippen LogP contribution in [0.2, 0.25) is 0 Å². The molecule has 0 aromatic carbocycles. The summed E-state index contributed by atoms with van der Waals surface area (Å²) in [6, 6.07) is 0. The Morgan fingerprint density at radius 3 is 1.05 bits per heavy atom. The van der Waals surface area contributed by atoms with Gasteiger partial charge in [0.05, 0.1) is 6.61 Å². The second-order valence-electron chi connectivity index (χ2n) is 11.4. The summed E-state index contributed by atoms with van der Waals surface area (Å²) < 4.78 is 43.0. The second-order valence-corrected chi connectivity index (χ2v) is 13.1. The third-order valence-electron chi connectivity index (χ3n) is 7.59. The highest BCUT2D eigenvalue weighted by molar-refractivity contribution is 7.87. The van der Waals surface area contributed by atoms with Gasteiger partial charge in [-0.15, -0.1) is 0 Å². The number of rotatable bonds is 31. The largest absolute Gasteiger partial charge is 0.299 e. The summed E-state index contributed by atoms with van der Waals surface area (Å²) in [5.41, 5.74) is -1.87. The van der Waals surface area contributed by atoms with Gasteiger partial charge >= 0.3 is 0 Å². The highest BCUT2D eigenvalue weighted by Gasteiger charge is 2.25. The van der Waals surface area contributed by atoms with Crippen LogP contribution in [0.4, 0.5) is 4.39 Å². The van der Waals surface area contributed by atoms with Gasteiger partial charge < -0.3 is 0 Å². The Labute approximate surface area is 232 Å². The fourth-order valence-corrected chi connectivity index (χ4v) is 5.97. The normalized spacial score (nSPS) is 12.8. The monoisotopic (exact) mass is 548 g/mol. The summed E-state index contributed by atoms with van der Waals surface area (Å²) >= 11 is 0. The molecule has 0 aromatic rings. The topological polar surface area (TPSA) is 43.4 Å². The molecule has 3 nitrogen and oxygen atoms in total. The molecule has 0 spiro atoms. The van der Waals surface area contributed by atoms with Crippen molar-refractivity contribution in [2.24, 2.45) is 0 Å². The standard InChI is InChI=1S/C32H65FO3S/c1-3-5-7-9-11-13-14-15-16-17-18-19-20-21-23-25-27-29-31-36-37(34,35)32(33)30-28-26-24-22-12-10-8-6-4-2/h32H,3-31H2,1-2H3. The highest BCUT2D eigenvalue weighted by Crippen LogP contribution is 2.18. The van der Waals surface area contributed by atoms with Crippen molar-refractivity contribution in [3.8, 4) is 0 Å². The van der Waals surface area contributed by atoms with Gasteiger partial charge in [0.2, 0.25) is 5.50 Å². The summed E-state index contributed by atoms with van der Waals surface area (Å²) in [5, 5.41) is 0. The van der Waals surface area contributed by atoms with E-state index in [0.717, 1.165) is 25.7 Å². The maximum absolute atomic E-state index is 14.1. The van der Waals surface area contributed by atoms with Crippen molar-refractivity contribution in [1.29, 1.82) is 0 Å². The van der Waals surface area contributed by atoms with Crippen LogP contribution in [-0.2, 0) is 14.3 Å². The number of alkyl halides is 1. The van der Waals surface area contributed by atoms with Gasteiger partial charge in [-0.3, -0.25) is 4.18 Å². The zero-order valence-electron chi connectivity index (χ0n) is 25.1. The summed E-state index contributed by atoms with van der Waals surface area (Å²) in [5.74, 6) is 0. The van der Waals surface area contributed by atoms with Gasteiger partial charge in [-0.1, -0.05) is 174 Å². The molecule has 0 saturated carbocycles. The number of halogens is 1. The fourth-order valence-electron chi connectivity index (χ4n) is 5.01. The minimum Gasteiger partial charge on any atom is -0.268 e. The van der Waals surface area contributed by atoms with E-state index in [-0.39, 0.29) is 13.0 Å². The molecule has 0 aliphatic rings. The summed E-state index contributed by atoms with van der Waals surface area (Å²) in [4.78, 5) is 0. The van der Waals surface area contributed by atoms with Crippen molar-refractivity contribution in [1.82, 2.24) is 0 Å². The maximum atomic E-state index is 14.1. The van der Waals surface area contributed by atoms with Crippen LogP contribution < -0.4 is 0 Å². The molecule has 0 aliphatic heterocycles. The first-order valence-electron chi connectivity index (χ1n) is 16.6. The molecular weight excluding hydrogens is 483 g/mol. The van der Waals surface area contributed by atoms with E-state index in [1.54, 1.807) is 0 Å². The molecule has 5 heteroatoms. The molecule has 0 rings (SSSR count). The van der Waals surface area contributed by atoms with Gasteiger partial charge in [-0.25, -0.2) is 4.39 Å². The lowest BCUT2D eigenvalue weighted by atomic mass is 10.0. The zero-order valence-corrected chi connectivity index (χ0v) is 25.9. The molecule has 0 N–H and O–H groups in total. The molecule has 0 saturated heterocycles. The Morgan fingerprint density at radius 2 is 0.730 bits per heavy atom. The Morgan fingerprint density at radius 1 is 0.459 bits per heavy atom. The number of hydrogen-bond donors (Lipinski definition) is 0. The van der Waals surface area contributed by atoms with E-state index < -0.39 is 15.6 Å². The quantitative estimate of drug-likeness (QED) is 0.0639. The van der Waals surface area contributed by atoms with Crippen LogP contribution in [0.1, 0.15) is 194 Å². The SMILES string of the molecule is CCCCCCCCCCCCCCCCCCCCOS(=O)(=O)C(F)CCCCCCCCCCC. The van der Waals surface area contributed by atoms with Gasteiger partial charge in [0.15, 0.2) is 0 Å². The van der Waals surface area contributed by atoms with Crippen LogP contribution in [0, 0.1) is 0 Å². The molecule has 0 radical (unpaired) electrons. The summed E-state index contributed by atoms with van der Waals surface area (Å²) in [6.07, 6.45) is 33.5. The lowest BCUT2D eigenvalue weighted by Gasteiger charge is -2.10. The van der Waals surface area contributed by atoms with Gasteiger partial charge in [-0.2, -0.15) is 8.42 Å². The molecule has 224 valence electrons. The van der Waals surface area contributed by atoms with E-state index in [1.165, 1.54) is 135 Å². The molecule has 0 bridgehead atoms. The van der Waals surface area contributed by atoms with Gasteiger partial charge in [0, 0.05) is 0 Å². The predicted molar refractivity (Wildman–Crippen MR) is 160 cm³/mol. The highest BCUT2D eigenvalue weighted by atomic mass is 32.2. The van der Waals surface area contributed by atoms with Crippen molar-refractivity contribution >= 4 is 10.1 Å². The van der Waals surface area contributed by atoms with Crippen molar-refractivity contribution in [2.75, 3.05) is 6.61 Å². The van der Waals surface area contributed by atoms with Gasteiger partial charge in [0.25, 0.3) is 10.1 Å². The molecule has 1 atom stereocenters. The van der Waals surface area contributed by atoms with Crippen LogP contribution in [0.15, 0.2) is 0 Å². The lowest BCUT2D eigenvalue weighted by molar-refractivity contribution is 0.270. The van der Waals surface area contributed by atoms with E-state index >= 15 is 0 Å². The maximum Gasteiger partial charge on any atom is 0.299 e. The van der Waals surface area contributed by atoms with Crippen molar-refractivity contribution < 1.29 is 17.0 Å². The van der Waals surface area contributed by atoms with Crippen molar-refractivity contribution in [2.45, 2.75) is 199 Å². The average molecular weight is 549 g/mol. The van der Waals surface area contributed by atoms with E-state index in [2.05, 4.69) is 13.8 Å². The third-order valence-corrected chi connectivity index (χ3v) is 8.95. The average Bonchev–Trinajstić information content (AvgIpc) is 2.88. The van der Waals surface area contributed by atoms with Gasteiger partial charge in [0.1, 0.15) is 0 Å². The first-order chi connectivity index (χ1) is 18.0. The smallest absolute Gasteiger partial charge is 0.268 e. The number of unbranched alkanes of at least 4 members (excludes halogenated alkanes) is 25. The fraction of sp³-hybridized carbons (Fsp3) is 1.00. The van der Waals surface area contributed by atoms with Gasteiger partial charge in [-0.05, 0) is 19.3 Å². The van der Waals surface area contributed by atoms with Crippen LogP contribution >= 0.6 is 0 Å².